The average Bonchev–Trinajstić information content (AvgIpc) is 2.69. The summed E-state index contributed by atoms with van der Waals surface area (Å²) < 4.78 is 55.1. The minimum atomic E-state index is -4.21. The smallest absolute Gasteiger partial charge is 0.264 e. The van der Waals surface area contributed by atoms with Gasteiger partial charge in [-0.3, -0.25) is 9.52 Å². The lowest BCUT2D eigenvalue weighted by molar-refractivity contribution is 0.0639. The highest BCUT2D eigenvalue weighted by Crippen LogP contribution is 2.22. The zero-order valence-corrected chi connectivity index (χ0v) is 16.2. The molecule has 3 rings (SSSR count). The molecule has 1 amide bonds. The highest BCUT2D eigenvalue weighted by atomic mass is 32.2. The number of anilines is 1. The third-order valence-electron chi connectivity index (χ3n) is 4.68. The molecule has 150 valence electrons. The van der Waals surface area contributed by atoms with Crippen LogP contribution in [0.1, 0.15) is 17.3 Å². The van der Waals surface area contributed by atoms with Gasteiger partial charge in [-0.25, -0.2) is 17.2 Å². The Balaban J connectivity index is 1.82. The Labute approximate surface area is 162 Å². The number of hydrogen-bond donors (Lipinski definition) is 1. The number of carbonyl (C=O) groups excluding carboxylic acids is 1. The summed E-state index contributed by atoms with van der Waals surface area (Å²) >= 11 is 0. The molecule has 6 nitrogen and oxygen atoms in total. The number of benzene rings is 2. The van der Waals surface area contributed by atoms with Crippen LogP contribution in [-0.4, -0.2) is 56.8 Å². The van der Waals surface area contributed by atoms with E-state index in [-0.39, 0.29) is 11.3 Å². The van der Waals surface area contributed by atoms with Crippen LogP contribution in [0.3, 0.4) is 0 Å². The quantitative estimate of drug-likeness (QED) is 0.824. The highest BCUT2D eigenvalue weighted by Gasteiger charge is 2.25. The molecule has 1 aliphatic rings. The number of nitrogens with one attached hydrogen (secondary N) is 1. The molecule has 0 bridgehead atoms. The minimum absolute atomic E-state index is 0.0137. The average molecular weight is 409 g/mol. The first-order valence-electron chi connectivity index (χ1n) is 8.90. The summed E-state index contributed by atoms with van der Waals surface area (Å²) in [5, 5.41) is 0. The first-order valence-corrected chi connectivity index (χ1v) is 10.4. The van der Waals surface area contributed by atoms with Crippen LogP contribution in [0.2, 0.25) is 0 Å². The van der Waals surface area contributed by atoms with Crippen LogP contribution in [0, 0.1) is 11.6 Å². The monoisotopic (exact) mass is 409 g/mol. The number of piperazine rings is 1. The van der Waals surface area contributed by atoms with E-state index in [1.807, 2.05) is 6.92 Å². The molecule has 0 unspecified atom stereocenters. The summed E-state index contributed by atoms with van der Waals surface area (Å²) in [4.78, 5) is 15.9. The molecular weight excluding hydrogens is 388 g/mol. The fraction of sp³-hybridized carbons (Fsp3) is 0.316. The number of halogens is 2. The summed E-state index contributed by atoms with van der Waals surface area (Å²) in [6, 6.07) is 8.29. The molecule has 0 aliphatic carbocycles. The van der Waals surface area contributed by atoms with Gasteiger partial charge in [-0.05, 0) is 36.9 Å². The van der Waals surface area contributed by atoms with Gasteiger partial charge < -0.3 is 9.80 Å². The van der Waals surface area contributed by atoms with Gasteiger partial charge in [-0.2, -0.15) is 0 Å². The van der Waals surface area contributed by atoms with Crippen molar-refractivity contribution in [2.45, 2.75) is 11.8 Å². The lowest BCUT2D eigenvalue weighted by atomic mass is 10.1. The summed E-state index contributed by atoms with van der Waals surface area (Å²) in [6.45, 7) is 5.24. The summed E-state index contributed by atoms with van der Waals surface area (Å²) in [7, 11) is -4.21. The Morgan fingerprint density at radius 1 is 1.04 bits per heavy atom. The molecule has 0 radical (unpaired) electrons. The topological polar surface area (TPSA) is 69.7 Å². The molecule has 0 saturated carbocycles. The fourth-order valence-electron chi connectivity index (χ4n) is 3.06. The second kappa shape index (κ2) is 8.24. The van der Waals surface area contributed by atoms with Crippen LogP contribution in [0.5, 0.6) is 0 Å². The Hall–Kier alpha value is -2.52. The van der Waals surface area contributed by atoms with Crippen molar-refractivity contribution in [1.82, 2.24) is 9.80 Å². The molecule has 1 heterocycles. The van der Waals surface area contributed by atoms with Crippen molar-refractivity contribution in [3.05, 3.63) is 59.7 Å². The molecule has 0 atom stereocenters. The van der Waals surface area contributed by atoms with E-state index in [1.165, 1.54) is 18.2 Å². The molecule has 0 aromatic heterocycles. The van der Waals surface area contributed by atoms with Gasteiger partial charge in [0.25, 0.3) is 15.9 Å². The van der Waals surface area contributed by atoms with Gasteiger partial charge >= 0.3 is 0 Å². The second-order valence-corrected chi connectivity index (χ2v) is 8.11. The Bertz CT molecular complexity index is 974. The number of amides is 1. The summed E-state index contributed by atoms with van der Waals surface area (Å²) in [5.74, 6) is -2.14. The van der Waals surface area contributed by atoms with Crippen LogP contribution >= 0.6 is 0 Å². The van der Waals surface area contributed by atoms with Crippen LogP contribution in [-0.2, 0) is 10.0 Å². The van der Waals surface area contributed by atoms with E-state index < -0.39 is 32.5 Å². The first-order chi connectivity index (χ1) is 13.3. The number of rotatable bonds is 5. The van der Waals surface area contributed by atoms with Crippen molar-refractivity contribution in [3.63, 3.8) is 0 Å². The van der Waals surface area contributed by atoms with E-state index in [1.54, 1.807) is 4.90 Å². The standard InChI is InChI=1S/C19H21F2N3O3S/c1-2-23-9-11-24(12-10-23)19(25)15-13-14(7-8-16(15)20)22-28(26,27)18-6-4-3-5-17(18)21/h3-8,13,22H,2,9-12H2,1H3. The van der Waals surface area contributed by atoms with Crippen molar-refractivity contribution in [3.8, 4) is 0 Å². The summed E-state index contributed by atoms with van der Waals surface area (Å²) in [6.07, 6.45) is 0. The van der Waals surface area contributed by atoms with Crippen molar-refractivity contribution in [1.29, 1.82) is 0 Å². The van der Waals surface area contributed by atoms with Gasteiger partial charge in [0.1, 0.15) is 16.5 Å². The van der Waals surface area contributed by atoms with Gasteiger partial charge in [0, 0.05) is 31.9 Å². The normalized spacial score (nSPS) is 15.5. The zero-order chi connectivity index (χ0) is 20.3. The van der Waals surface area contributed by atoms with Gasteiger partial charge in [0.15, 0.2) is 0 Å². The van der Waals surface area contributed by atoms with Crippen LogP contribution in [0.4, 0.5) is 14.5 Å². The molecule has 1 N–H and O–H groups in total. The van der Waals surface area contributed by atoms with E-state index in [9.17, 15) is 22.0 Å². The molecule has 2 aromatic carbocycles. The van der Waals surface area contributed by atoms with Crippen LogP contribution in [0.25, 0.3) is 0 Å². The molecule has 2 aromatic rings. The van der Waals surface area contributed by atoms with Crippen molar-refractivity contribution in [2.24, 2.45) is 0 Å². The Kier molecular flexibility index (Phi) is 5.95. The van der Waals surface area contributed by atoms with Crippen molar-refractivity contribution in [2.75, 3.05) is 37.4 Å². The van der Waals surface area contributed by atoms with Gasteiger partial charge in [-0.15, -0.1) is 0 Å². The number of hydrogen-bond acceptors (Lipinski definition) is 4. The van der Waals surface area contributed by atoms with E-state index in [0.717, 1.165) is 30.8 Å². The maximum Gasteiger partial charge on any atom is 0.264 e. The molecule has 1 fully saturated rings. The number of likely N-dealkylation sites (N-methyl/N-ethyl adjacent to an activating group) is 1. The SMILES string of the molecule is CCN1CCN(C(=O)c2cc(NS(=O)(=O)c3ccccc3F)ccc2F)CC1. The fourth-order valence-corrected chi connectivity index (χ4v) is 4.19. The van der Waals surface area contributed by atoms with E-state index >= 15 is 0 Å². The summed E-state index contributed by atoms with van der Waals surface area (Å²) in [5.41, 5.74) is -0.237. The molecule has 28 heavy (non-hydrogen) atoms. The number of carbonyl (C=O) groups is 1. The second-order valence-electron chi connectivity index (χ2n) is 6.46. The van der Waals surface area contributed by atoms with E-state index in [2.05, 4.69) is 9.62 Å². The van der Waals surface area contributed by atoms with Crippen LogP contribution < -0.4 is 4.72 Å². The minimum Gasteiger partial charge on any atom is -0.336 e. The molecule has 0 spiro atoms. The van der Waals surface area contributed by atoms with E-state index in [0.29, 0.717) is 26.2 Å². The maximum absolute atomic E-state index is 14.2. The third kappa shape index (κ3) is 4.31. The number of sulfonamides is 1. The third-order valence-corrected chi connectivity index (χ3v) is 6.10. The highest BCUT2D eigenvalue weighted by molar-refractivity contribution is 7.92. The molecular formula is C19H21F2N3O3S. The lowest BCUT2D eigenvalue weighted by Crippen LogP contribution is -2.48. The van der Waals surface area contributed by atoms with Crippen LogP contribution in [0.15, 0.2) is 47.4 Å². The maximum atomic E-state index is 14.2. The Morgan fingerprint density at radius 3 is 2.36 bits per heavy atom. The molecule has 1 aliphatic heterocycles. The van der Waals surface area contributed by atoms with Crippen molar-refractivity contribution >= 4 is 21.6 Å². The van der Waals surface area contributed by atoms with E-state index in [4.69, 9.17) is 0 Å². The predicted octanol–water partition coefficient (Wildman–Crippen LogP) is 2.54. The van der Waals surface area contributed by atoms with Gasteiger partial charge in [0.05, 0.1) is 5.56 Å². The molecule has 1 saturated heterocycles. The largest absolute Gasteiger partial charge is 0.336 e. The number of nitrogens with zero attached hydrogens (tertiary/aromatic N) is 2. The first kappa shape index (κ1) is 20.2. The molecule has 9 heteroatoms. The van der Waals surface area contributed by atoms with Gasteiger partial charge in [-0.1, -0.05) is 19.1 Å². The Morgan fingerprint density at radius 2 is 1.71 bits per heavy atom. The predicted molar refractivity (Wildman–Crippen MR) is 102 cm³/mol. The van der Waals surface area contributed by atoms with Crippen molar-refractivity contribution < 1.29 is 22.0 Å². The zero-order valence-electron chi connectivity index (χ0n) is 15.4. The van der Waals surface area contributed by atoms with Gasteiger partial charge in [0.2, 0.25) is 0 Å². The lowest BCUT2D eigenvalue weighted by Gasteiger charge is -2.34.